The van der Waals surface area contributed by atoms with Gasteiger partial charge in [-0.1, -0.05) is 87.5 Å². The maximum absolute atomic E-state index is 14.0. The zero-order chi connectivity index (χ0) is 22.4. The summed E-state index contributed by atoms with van der Waals surface area (Å²) in [6.07, 6.45) is 0. The lowest BCUT2D eigenvalue weighted by atomic mass is 9.52. The predicted molar refractivity (Wildman–Crippen MR) is 122 cm³/mol. The highest BCUT2D eigenvalue weighted by atomic mass is 16.3. The van der Waals surface area contributed by atoms with Gasteiger partial charge in [-0.05, 0) is 39.3 Å². The fourth-order valence-electron chi connectivity index (χ4n) is 6.27. The molecule has 0 saturated carbocycles. The van der Waals surface area contributed by atoms with Crippen molar-refractivity contribution in [2.45, 2.75) is 37.7 Å². The van der Waals surface area contributed by atoms with Gasteiger partial charge in [0, 0.05) is 5.92 Å². The van der Waals surface area contributed by atoms with Crippen LogP contribution in [0.4, 0.5) is 5.69 Å². The van der Waals surface area contributed by atoms with Crippen molar-refractivity contribution in [1.82, 2.24) is 0 Å². The molecule has 0 radical (unpaired) electrons. The summed E-state index contributed by atoms with van der Waals surface area (Å²) in [6, 6.07) is 23.1. The topological polar surface area (TPSA) is 57.6 Å². The second kappa shape index (κ2) is 6.17. The molecule has 1 heterocycles. The molecule has 4 heteroatoms. The van der Waals surface area contributed by atoms with Crippen LogP contribution in [0.25, 0.3) is 0 Å². The molecular formula is C28H25NO3. The minimum atomic E-state index is -1.52. The molecule has 7 rings (SSSR count). The molecule has 2 amide bonds. The molecule has 3 aliphatic carbocycles. The van der Waals surface area contributed by atoms with E-state index in [0.717, 1.165) is 27.8 Å². The highest BCUT2D eigenvalue weighted by Crippen LogP contribution is 2.63. The Morgan fingerprint density at radius 2 is 1.31 bits per heavy atom. The number of carbonyl (C=O) groups excluding carboxylic acids is 2. The third-order valence-electron chi connectivity index (χ3n) is 7.53. The van der Waals surface area contributed by atoms with E-state index in [0.29, 0.717) is 5.69 Å². The third kappa shape index (κ3) is 2.20. The van der Waals surface area contributed by atoms with Gasteiger partial charge in [0.15, 0.2) is 0 Å². The van der Waals surface area contributed by atoms with E-state index in [-0.39, 0.29) is 23.1 Å². The van der Waals surface area contributed by atoms with Gasteiger partial charge in [0.25, 0.3) is 0 Å². The molecular weight excluding hydrogens is 398 g/mol. The summed E-state index contributed by atoms with van der Waals surface area (Å²) in [6.45, 7) is 6.23. The number of imide groups is 1. The largest absolute Gasteiger partial charge is 0.379 e. The monoisotopic (exact) mass is 423 g/mol. The molecule has 160 valence electrons. The summed E-state index contributed by atoms with van der Waals surface area (Å²) in [5, 5.41) is 12.3. The first-order chi connectivity index (χ1) is 15.3. The van der Waals surface area contributed by atoms with Crippen LogP contribution in [0.2, 0.25) is 0 Å². The summed E-state index contributed by atoms with van der Waals surface area (Å²) in [4.78, 5) is 29.3. The van der Waals surface area contributed by atoms with Crippen molar-refractivity contribution >= 4 is 17.5 Å². The van der Waals surface area contributed by atoms with Gasteiger partial charge in [-0.15, -0.1) is 0 Å². The number of hydrogen-bond donors (Lipinski definition) is 1. The van der Waals surface area contributed by atoms with Gasteiger partial charge in [-0.2, -0.15) is 0 Å². The Kier molecular flexibility index (Phi) is 3.75. The molecule has 1 aliphatic heterocycles. The van der Waals surface area contributed by atoms with Crippen LogP contribution in [0, 0.1) is 11.8 Å². The maximum atomic E-state index is 14.0. The fourth-order valence-corrected chi connectivity index (χ4v) is 6.27. The highest BCUT2D eigenvalue weighted by Gasteiger charge is 2.68. The number of benzene rings is 3. The Hall–Kier alpha value is -3.24. The Balaban J connectivity index is 1.61. The Morgan fingerprint density at radius 3 is 1.91 bits per heavy atom. The van der Waals surface area contributed by atoms with Crippen molar-refractivity contribution < 1.29 is 14.7 Å². The van der Waals surface area contributed by atoms with E-state index in [1.807, 2.05) is 72.8 Å². The van der Waals surface area contributed by atoms with Gasteiger partial charge >= 0.3 is 0 Å². The van der Waals surface area contributed by atoms with Crippen LogP contribution in [-0.4, -0.2) is 16.9 Å². The molecule has 1 N–H and O–H groups in total. The molecule has 0 spiro atoms. The number of hydrogen-bond acceptors (Lipinski definition) is 3. The van der Waals surface area contributed by atoms with Gasteiger partial charge in [-0.3, -0.25) is 9.59 Å². The van der Waals surface area contributed by atoms with Gasteiger partial charge in [-0.25, -0.2) is 4.90 Å². The van der Waals surface area contributed by atoms with E-state index in [2.05, 4.69) is 20.8 Å². The smallest absolute Gasteiger partial charge is 0.241 e. The SMILES string of the molecule is CC(C)(C)c1ccccc1N1C(=O)[C@@H]2C3c4ccccc4C(O)(c4ccccc43)[C@@H]2C1=O. The summed E-state index contributed by atoms with van der Waals surface area (Å²) in [5.41, 5.74) is 3.19. The Labute approximate surface area is 187 Å². The first-order valence-corrected chi connectivity index (χ1v) is 11.1. The number of nitrogens with zero attached hydrogens (tertiary/aromatic N) is 1. The molecule has 2 bridgehead atoms. The van der Waals surface area contributed by atoms with Crippen LogP contribution in [0.3, 0.4) is 0 Å². The van der Waals surface area contributed by atoms with Crippen LogP contribution in [0.5, 0.6) is 0 Å². The lowest BCUT2D eigenvalue weighted by molar-refractivity contribution is -0.133. The van der Waals surface area contributed by atoms with E-state index in [1.54, 1.807) is 0 Å². The number of carbonyl (C=O) groups is 2. The number of para-hydroxylation sites is 1. The van der Waals surface area contributed by atoms with Crippen LogP contribution in [0.15, 0.2) is 72.8 Å². The molecule has 32 heavy (non-hydrogen) atoms. The average molecular weight is 424 g/mol. The molecule has 3 aromatic rings. The molecule has 0 aromatic heterocycles. The first-order valence-electron chi connectivity index (χ1n) is 11.1. The summed E-state index contributed by atoms with van der Waals surface area (Å²) >= 11 is 0. The van der Waals surface area contributed by atoms with Crippen LogP contribution in [-0.2, 0) is 20.6 Å². The average Bonchev–Trinajstić information content (AvgIpc) is 3.05. The molecule has 3 aromatic carbocycles. The van der Waals surface area contributed by atoms with E-state index in [9.17, 15) is 14.7 Å². The standard InChI is InChI=1S/C28H25NO3/c1-27(2,3)20-14-8-9-15-21(20)29-25(30)23-22-16-10-4-6-12-18(16)28(32,24(23)26(29)31)19-13-7-5-11-17(19)22/h4-15,22-24,32H,1-3H3/t22?,23-,24+,28?/m1/s1. The molecule has 0 unspecified atom stereocenters. The van der Waals surface area contributed by atoms with Crippen molar-refractivity contribution in [1.29, 1.82) is 0 Å². The van der Waals surface area contributed by atoms with Gasteiger partial charge in [0.1, 0.15) is 5.60 Å². The second-order valence-corrected chi connectivity index (χ2v) is 10.2. The number of amides is 2. The van der Waals surface area contributed by atoms with Crippen molar-refractivity contribution in [2.75, 3.05) is 4.90 Å². The van der Waals surface area contributed by atoms with Crippen molar-refractivity contribution in [3.05, 3.63) is 101 Å². The minimum absolute atomic E-state index is 0.218. The minimum Gasteiger partial charge on any atom is -0.379 e. The predicted octanol–water partition coefficient (Wildman–Crippen LogP) is 4.48. The van der Waals surface area contributed by atoms with Gasteiger partial charge in [0.2, 0.25) is 11.8 Å². The summed E-state index contributed by atoms with van der Waals surface area (Å²) in [7, 11) is 0. The van der Waals surface area contributed by atoms with Crippen molar-refractivity contribution in [2.24, 2.45) is 11.8 Å². The lowest BCUT2D eigenvalue weighted by Crippen LogP contribution is -2.53. The van der Waals surface area contributed by atoms with Crippen LogP contribution >= 0.6 is 0 Å². The molecule has 4 aliphatic rings. The van der Waals surface area contributed by atoms with Crippen LogP contribution in [0.1, 0.15) is 54.5 Å². The summed E-state index contributed by atoms with van der Waals surface area (Å²) in [5.74, 6) is -2.23. The number of aliphatic hydroxyl groups is 1. The normalized spacial score (nSPS) is 27.9. The Morgan fingerprint density at radius 1 is 0.781 bits per heavy atom. The van der Waals surface area contributed by atoms with E-state index >= 15 is 0 Å². The zero-order valence-corrected chi connectivity index (χ0v) is 18.4. The first kappa shape index (κ1) is 19.4. The van der Waals surface area contributed by atoms with Gasteiger partial charge < -0.3 is 5.11 Å². The molecule has 1 fully saturated rings. The molecule has 4 nitrogen and oxygen atoms in total. The van der Waals surface area contributed by atoms with E-state index in [4.69, 9.17) is 0 Å². The zero-order valence-electron chi connectivity index (χ0n) is 18.4. The second-order valence-electron chi connectivity index (χ2n) is 10.2. The summed E-state index contributed by atoms with van der Waals surface area (Å²) < 4.78 is 0. The fraction of sp³-hybridized carbons (Fsp3) is 0.286. The molecule has 1 saturated heterocycles. The van der Waals surface area contributed by atoms with Crippen LogP contribution < -0.4 is 4.90 Å². The maximum Gasteiger partial charge on any atom is 0.241 e. The highest BCUT2D eigenvalue weighted by molar-refractivity contribution is 6.24. The van der Waals surface area contributed by atoms with E-state index < -0.39 is 17.4 Å². The third-order valence-corrected chi connectivity index (χ3v) is 7.53. The molecule has 2 atom stereocenters. The van der Waals surface area contributed by atoms with Crippen molar-refractivity contribution in [3.63, 3.8) is 0 Å². The number of anilines is 1. The number of rotatable bonds is 1. The quantitative estimate of drug-likeness (QED) is 0.587. The van der Waals surface area contributed by atoms with E-state index in [1.165, 1.54) is 4.90 Å². The Bertz CT molecular complexity index is 1250. The van der Waals surface area contributed by atoms with Gasteiger partial charge in [0.05, 0.1) is 17.5 Å². The lowest BCUT2D eigenvalue weighted by Gasteiger charge is -2.51. The van der Waals surface area contributed by atoms with Crippen molar-refractivity contribution in [3.8, 4) is 0 Å².